The molecule has 2 N–H and O–H groups in total. The van der Waals surface area contributed by atoms with E-state index in [4.69, 9.17) is 14.9 Å². The number of hydrogen-bond donors (Lipinski definition) is 2. The van der Waals surface area contributed by atoms with Gasteiger partial charge < -0.3 is 19.7 Å². The summed E-state index contributed by atoms with van der Waals surface area (Å²) >= 11 is 0. The van der Waals surface area contributed by atoms with Gasteiger partial charge in [-0.25, -0.2) is 0 Å². The third-order valence-corrected chi connectivity index (χ3v) is 3.44. The molecule has 0 spiro atoms. The van der Waals surface area contributed by atoms with Crippen LogP contribution in [0.25, 0.3) is 0 Å². The van der Waals surface area contributed by atoms with Gasteiger partial charge in [-0.15, -0.1) is 0 Å². The molecule has 0 aromatic rings. The molecule has 1 aliphatic heterocycles. The lowest BCUT2D eigenvalue weighted by molar-refractivity contribution is -0.168. The fourth-order valence-electron chi connectivity index (χ4n) is 2.46. The van der Waals surface area contributed by atoms with E-state index in [9.17, 15) is 24.0 Å². The number of carboxylic acids is 2. The monoisotopic (exact) mass is 389 g/mol. The summed E-state index contributed by atoms with van der Waals surface area (Å²) in [6, 6.07) is 0. The quantitative estimate of drug-likeness (QED) is 0.272. The lowest BCUT2D eigenvalue weighted by Crippen LogP contribution is -2.50. The van der Waals surface area contributed by atoms with E-state index in [-0.39, 0.29) is 52.5 Å². The average Bonchev–Trinajstić information content (AvgIpc) is 2.50. The van der Waals surface area contributed by atoms with Gasteiger partial charge in [0.1, 0.15) is 0 Å². The summed E-state index contributed by atoms with van der Waals surface area (Å²) in [5.74, 6) is -4.31. The number of morpholine rings is 1. The lowest BCUT2D eigenvalue weighted by Gasteiger charge is -2.31. The molecule has 0 atom stereocenters. The summed E-state index contributed by atoms with van der Waals surface area (Å²) in [6.07, 6.45) is 0. The standard InChI is InChI=1S/C15H23N3O9/c1-2-26-13(23)7-16(5-11(19)20)3-4-17(6-12(21)22)10-18-8-14(24)27-15(25)9-18/h2-10H2,1H3,(H,19,20)(H,21,22). The van der Waals surface area contributed by atoms with Crippen molar-refractivity contribution in [2.24, 2.45) is 0 Å². The Bertz CT molecular complexity index is 565. The van der Waals surface area contributed by atoms with E-state index in [2.05, 4.69) is 4.74 Å². The van der Waals surface area contributed by atoms with Crippen LogP contribution in [0.4, 0.5) is 0 Å². The first kappa shape index (κ1) is 22.5. The first-order chi connectivity index (χ1) is 12.7. The maximum absolute atomic E-state index is 11.6. The van der Waals surface area contributed by atoms with Crippen molar-refractivity contribution in [1.29, 1.82) is 0 Å². The molecule has 1 aliphatic rings. The zero-order valence-electron chi connectivity index (χ0n) is 15.0. The van der Waals surface area contributed by atoms with Crippen LogP contribution in [0.2, 0.25) is 0 Å². The molecule has 12 nitrogen and oxygen atoms in total. The number of hydrogen-bond acceptors (Lipinski definition) is 10. The summed E-state index contributed by atoms with van der Waals surface area (Å²) < 4.78 is 9.20. The Morgan fingerprint density at radius 1 is 1.00 bits per heavy atom. The van der Waals surface area contributed by atoms with Crippen LogP contribution in [0.3, 0.4) is 0 Å². The number of carbonyl (C=O) groups is 5. The van der Waals surface area contributed by atoms with E-state index in [1.54, 1.807) is 6.92 Å². The van der Waals surface area contributed by atoms with Gasteiger partial charge >= 0.3 is 29.8 Å². The number of carbonyl (C=O) groups excluding carboxylic acids is 3. The second-order valence-electron chi connectivity index (χ2n) is 5.83. The summed E-state index contributed by atoms with van der Waals surface area (Å²) in [4.78, 5) is 60.4. The first-order valence-electron chi connectivity index (χ1n) is 8.19. The Morgan fingerprint density at radius 2 is 1.52 bits per heavy atom. The van der Waals surface area contributed by atoms with Crippen LogP contribution >= 0.6 is 0 Å². The van der Waals surface area contributed by atoms with E-state index in [0.29, 0.717) is 0 Å². The van der Waals surface area contributed by atoms with Crippen molar-refractivity contribution in [3.8, 4) is 0 Å². The highest BCUT2D eigenvalue weighted by Gasteiger charge is 2.27. The Hall–Kier alpha value is -2.57. The van der Waals surface area contributed by atoms with Crippen LogP contribution in [0.5, 0.6) is 0 Å². The molecule has 0 radical (unpaired) electrons. The zero-order valence-corrected chi connectivity index (χ0v) is 15.0. The minimum absolute atomic E-state index is 0.00649. The number of nitrogens with zero attached hydrogens (tertiary/aromatic N) is 3. The molecule has 0 bridgehead atoms. The van der Waals surface area contributed by atoms with Crippen molar-refractivity contribution >= 4 is 29.8 Å². The molecule has 152 valence electrons. The van der Waals surface area contributed by atoms with E-state index < -0.39 is 36.4 Å². The number of cyclic esters (lactones) is 2. The molecule has 27 heavy (non-hydrogen) atoms. The molecular weight excluding hydrogens is 366 g/mol. The fourth-order valence-corrected chi connectivity index (χ4v) is 2.46. The molecule has 0 unspecified atom stereocenters. The molecule has 12 heteroatoms. The van der Waals surface area contributed by atoms with Crippen molar-refractivity contribution in [2.75, 3.05) is 59.1 Å². The lowest BCUT2D eigenvalue weighted by atomic mass is 10.3. The zero-order chi connectivity index (χ0) is 20.4. The molecule has 0 aromatic carbocycles. The molecule has 1 heterocycles. The average molecular weight is 389 g/mol. The van der Waals surface area contributed by atoms with Gasteiger partial charge in [0.05, 0.1) is 46.0 Å². The van der Waals surface area contributed by atoms with Gasteiger partial charge in [-0.05, 0) is 6.92 Å². The number of ether oxygens (including phenoxy) is 2. The Morgan fingerprint density at radius 3 is 2.04 bits per heavy atom. The Balaban J connectivity index is 2.67. The highest BCUT2D eigenvalue weighted by molar-refractivity contribution is 5.90. The first-order valence-corrected chi connectivity index (χ1v) is 8.19. The fraction of sp³-hybridized carbons (Fsp3) is 0.667. The second-order valence-corrected chi connectivity index (χ2v) is 5.83. The summed E-state index contributed by atoms with van der Waals surface area (Å²) in [6.45, 7) is 0.552. The highest BCUT2D eigenvalue weighted by atomic mass is 16.6. The summed E-state index contributed by atoms with van der Waals surface area (Å²) in [5, 5.41) is 18.0. The van der Waals surface area contributed by atoms with Crippen LogP contribution in [0.1, 0.15) is 6.92 Å². The third-order valence-electron chi connectivity index (χ3n) is 3.44. The molecule has 0 amide bonds. The van der Waals surface area contributed by atoms with Crippen LogP contribution in [-0.2, 0) is 33.4 Å². The number of carboxylic acid groups (broad SMARTS) is 2. The van der Waals surface area contributed by atoms with Crippen LogP contribution in [-0.4, -0.2) is 114 Å². The molecule has 0 saturated carbocycles. The van der Waals surface area contributed by atoms with Crippen molar-refractivity contribution in [2.45, 2.75) is 6.92 Å². The van der Waals surface area contributed by atoms with Gasteiger partial charge in [0, 0.05) is 13.1 Å². The second kappa shape index (κ2) is 11.2. The van der Waals surface area contributed by atoms with Gasteiger partial charge in [0.15, 0.2) is 0 Å². The van der Waals surface area contributed by atoms with Crippen LogP contribution in [0.15, 0.2) is 0 Å². The van der Waals surface area contributed by atoms with Gasteiger partial charge in [-0.2, -0.15) is 0 Å². The summed E-state index contributed by atoms with van der Waals surface area (Å²) in [7, 11) is 0. The third kappa shape index (κ3) is 9.63. The minimum Gasteiger partial charge on any atom is -0.480 e. The Kier molecular flexibility index (Phi) is 9.33. The molecule has 1 saturated heterocycles. The smallest absolute Gasteiger partial charge is 0.327 e. The van der Waals surface area contributed by atoms with Crippen LogP contribution in [0, 0.1) is 0 Å². The number of esters is 3. The van der Waals surface area contributed by atoms with Crippen LogP contribution < -0.4 is 0 Å². The molecule has 0 aliphatic carbocycles. The van der Waals surface area contributed by atoms with Crippen molar-refractivity contribution in [3.05, 3.63) is 0 Å². The topological polar surface area (TPSA) is 154 Å². The van der Waals surface area contributed by atoms with Crippen molar-refractivity contribution < 1.29 is 43.7 Å². The number of aliphatic carboxylic acids is 2. The number of rotatable bonds is 12. The highest BCUT2D eigenvalue weighted by Crippen LogP contribution is 2.03. The minimum atomic E-state index is -1.14. The van der Waals surface area contributed by atoms with E-state index >= 15 is 0 Å². The van der Waals surface area contributed by atoms with Gasteiger partial charge in [-0.3, -0.25) is 38.7 Å². The predicted octanol–water partition coefficient (Wildman–Crippen LogP) is -2.33. The van der Waals surface area contributed by atoms with Gasteiger partial charge in [0.2, 0.25) is 0 Å². The predicted molar refractivity (Wildman–Crippen MR) is 87.5 cm³/mol. The molecule has 0 aromatic heterocycles. The summed E-state index contributed by atoms with van der Waals surface area (Å²) in [5.41, 5.74) is 0. The van der Waals surface area contributed by atoms with E-state index in [1.807, 2.05) is 0 Å². The molecule has 1 rings (SSSR count). The molecule has 1 fully saturated rings. The Labute approximate surface area is 155 Å². The van der Waals surface area contributed by atoms with Gasteiger partial charge in [0.25, 0.3) is 0 Å². The van der Waals surface area contributed by atoms with E-state index in [0.717, 1.165) is 0 Å². The molecular formula is C15H23N3O9. The van der Waals surface area contributed by atoms with Gasteiger partial charge in [-0.1, -0.05) is 0 Å². The maximum atomic E-state index is 11.6. The largest absolute Gasteiger partial charge is 0.480 e. The van der Waals surface area contributed by atoms with E-state index in [1.165, 1.54) is 14.7 Å². The van der Waals surface area contributed by atoms with Crippen molar-refractivity contribution in [1.82, 2.24) is 14.7 Å². The SMILES string of the molecule is CCOC(=O)CN(CCN(CC(=O)O)CN1CC(=O)OC(=O)C1)CC(=O)O. The van der Waals surface area contributed by atoms with Crippen molar-refractivity contribution in [3.63, 3.8) is 0 Å². The normalized spacial score (nSPS) is 15.1. The maximum Gasteiger partial charge on any atom is 0.327 e.